The summed E-state index contributed by atoms with van der Waals surface area (Å²) in [6.07, 6.45) is 10.5. The molecular weight excluding hydrogens is 210 g/mol. The van der Waals surface area contributed by atoms with E-state index in [2.05, 4.69) is 25.7 Å². The van der Waals surface area contributed by atoms with Crippen molar-refractivity contribution >= 4 is 5.91 Å². The molecule has 0 aliphatic rings. The van der Waals surface area contributed by atoms with Crippen molar-refractivity contribution in [1.82, 2.24) is 5.32 Å². The van der Waals surface area contributed by atoms with E-state index in [0.29, 0.717) is 5.57 Å². The first-order valence-electron chi connectivity index (χ1n) is 6.41. The molecule has 0 aromatic carbocycles. The first kappa shape index (κ1) is 18.1. The van der Waals surface area contributed by atoms with E-state index in [0.717, 1.165) is 13.0 Å². The van der Waals surface area contributed by atoms with Crippen molar-refractivity contribution in [2.24, 2.45) is 0 Å². The summed E-state index contributed by atoms with van der Waals surface area (Å²) in [7, 11) is 0. The van der Waals surface area contributed by atoms with Crippen LogP contribution >= 0.6 is 0 Å². The minimum Gasteiger partial charge on any atom is -0.352 e. The van der Waals surface area contributed by atoms with Crippen molar-refractivity contribution in [1.29, 1.82) is 0 Å². The third kappa shape index (κ3) is 12.6. The Balaban J connectivity index is -0.000000392. The average molecular weight is 239 g/mol. The van der Waals surface area contributed by atoms with Gasteiger partial charge in [0.05, 0.1) is 0 Å². The zero-order valence-electron chi connectivity index (χ0n) is 11.8. The summed E-state index contributed by atoms with van der Waals surface area (Å²) < 4.78 is 0. The van der Waals surface area contributed by atoms with E-state index in [-0.39, 0.29) is 7.33 Å². The van der Waals surface area contributed by atoms with Gasteiger partial charge in [-0.05, 0) is 19.4 Å². The Bertz CT molecular complexity index is 255. The van der Waals surface area contributed by atoms with E-state index in [4.69, 9.17) is 0 Å². The summed E-state index contributed by atoms with van der Waals surface area (Å²) in [5.74, 6) is -0.0255. The fraction of sp³-hybridized carbons (Fsp3) is 0.533. The highest BCUT2D eigenvalue weighted by Gasteiger charge is 2.01. The quantitative estimate of drug-likeness (QED) is 0.545. The predicted molar refractivity (Wildman–Crippen MR) is 79.1 cm³/mol. The summed E-state index contributed by atoms with van der Waals surface area (Å²) in [6, 6.07) is 0. The maximum absolute atomic E-state index is 11.4. The monoisotopic (exact) mass is 239 g/mol. The van der Waals surface area contributed by atoms with E-state index in [9.17, 15) is 4.79 Å². The molecule has 0 saturated heterocycles. The van der Waals surface area contributed by atoms with Crippen LogP contribution in [0.5, 0.6) is 0 Å². The number of amides is 1. The zero-order valence-corrected chi connectivity index (χ0v) is 11.8. The molecule has 0 saturated carbocycles. The summed E-state index contributed by atoms with van der Waals surface area (Å²) in [4.78, 5) is 11.4. The molecular formula is C15H29NO. The number of allylic oxidation sites excluding steroid dienone is 3. The zero-order chi connectivity index (χ0) is 13.5. The van der Waals surface area contributed by atoms with Crippen LogP contribution in [-0.2, 0) is 4.79 Å². The van der Waals surface area contributed by atoms with Crippen LogP contribution in [-0.4, -0.2) is 12.5 Å². The van der Waals surface area contributed by atoms with Crippen LogP contribution in [0.25, 0.3) is 0 Å². The third-order valence-corrected chi connectivity index (χ3v) is 2.02. The molecule has 0 aliphatic heterocycles. The van der Waals surface area contributed by atoms with Gasteiger partial charge in [0.2, 0.25) is 0 Å². The summed E-state index contributed by atoms with van der Waals surface area (Å²) in [5.41, 5.74) is 0.674. The fourth-order valence-corrected chi connectivity index (χ4v) is 0.815. The van der Waals surface area contributed by atoms with Gasteiger partial charge in [-0.15, -0.1) is 0 Å². The van der Waals surface area contributed by atoms with Gasteiger partial charge in [-0.2, -0.15) is 0 Å². The molecule has 2 heteroatoms. The van der Waals surface area contributed by atoms with Gasteiger partial charge >= 0.3 is 0 Å². The van der Waals surface area contributed by atoms with Crippen molar-refractivity contribution in [3.05, 3.63) is 36.5 Å². The second-order valence-corrected chi connectivity index (χ2v) is 3.59. The number of hydrogen-bond donors (Lipinski definition) is 1. The molecule has 17 heavy (non-hydrogen) atoms. The number of carbonyl (C=O) groups is 1. The maximum Gasteiger partial charge on any atom is 0.250 e. The van der Waals surface area contributed by atoms with Crippen LogP contribution in [0.3, 0.4) is 0 Å². The van der Waals surface area contributed by atoms with E-state index in [1.165, 1.54) is 12.8 Å². The van der Waals surface area contributed by atoms with E-state index < -0.39 is 0 Å². The number of rotatable bonds is 6. The van der Waals surface area contributed by atoms with Crippen molar-refractivity contribution in [3.63, 3.8) is 0 Å². The highest BCUT2D eigenvalue weighted by molar-refractivity contribution is 5.96. The fourth-order valence-electron chi connectivity index (χ4n) is 0.815. The van der Waals surface area contributed by atoms with E-state index in [1.807, 2.05) is 13.8 Å². The highest BCUT2D eigenvalue weighted by Crippen LogP contribution is 1.97. The van der Waals surface area contributed by atoms with Crippen molar-refractivity contribution in [2.45, 2.75) is 47.0 Å². The molecule has 1 amide bonds. The summed E-state index contributed by atoms with van der Waals surface area (Å²) in [5, 5.41) is 2.80. The Labute approximate surface area is 108 Å². The lowest BCUT2D eigenvalue weighted by atomic mass is 10.2. The molecule has 1 N–H and O–H groups in total. The van der Waals surface area contributed by atoms with E-state index >= 15 is 0 Å². The lowest BCUT2D eigenvalue weighted by Crippen LogP contribution is -2.24. The molecule has 0 radical (unpaired) electrons. The van der Waals surface area contributed by atoms with Crippen LogP contribution in [0.4, 0.5) is 0 Å². The van der Waals surface area contributed by atoms with Crippen LogP contribution in [0, 0.1) is 0 Å². The normalized spacial score (nSPS) is 10.7. The molecule has 0 fully saturated rings. The lowest BCUT2D eigenvalue weighted by molar-refractivity contribution is -0.117. The van der Waals surface area contributed by atoms with Crippen molar-refractivity contribution in [3.8, 4) is 0 Å². The number of hydrogen-bond acceptors (Lipinski definition) is 1. The van der Waals surface area contributed by atoms with Gasteiger partial charge in [-0.1, -0.05) is 58.4 Å². The summed E-state index contributed by atoms with van der Waals surface area (Å²) in [6.45, 7) is 12.5. The molecule has 0 aromatic rings. The van der Waals surface area contributed by atoms with Gasteiger partial charge in [0.15, 0.2) is 0 Å². The molecule has 100 valence electrons. The van der Waals surface area contributed by atoms with Crippen LogP contribution in [0.15, 0.2) is 36.5 Å². The first-order chi connectivity index (χ1) is 8.17. The van der Waals surface area contributed by atoms with Gasteiger partial charge < -0.3 is 5.32 Å². The number of carbonyl (C=O) groups excluding carboxylic acids is 1. The Kier molecular flexibility index (Phi) is 15.6. The molecule has 0 atom stereocenters. The molecule has 0 aromatic heterocycles. The van der Waals surface area contributed by atoms with E-state index in [1.54, 1.807) is 24.3 Å². The number of unbranched alkanes of at least 4 members (excludes halogenated alkanes) is 1. The minimum atomic E-state index is -0.0255. The van der Waals surface area contributed by atoms with Crippen LogP contribution in [0.2, 0.25) is 0 Å². The van der Waals surface area contributed by atoms with Gasteiger partial charge in [-0.25, -0.2) is 0 Å². The molecule has 2 nitrogen and oxygen atoms in total. The Hall–Kier alpha value is -1.31. The Morgan fingerprint density at radius 1 is 1.24 bits per heavy atom. The largest absolute Gasteiger partial charge is 0.352 e. The van der Waals surface area contributed by atoms with Crippen molar-refractivity contribution < 1.29 is 6.22 Å². The SMILES string of the molecule is C=C/C=C\C(=C/C)C(=O)NCCC.CCCC.[HH]. The standard InChI is InChI=1S/C11H17NO.C4H10.H2/c1-4-7-8-10(6-3)11(13)12-9-5-2;1-3-4-2;/h4,6-8H,1,5,9H2,2-3H3,(H,12,13);3-4H2,1-2H3;1H/b8-7-,10-6+;;. The highest BCUT2D eigenvalue weighted by atomic mass is 16.1. The lowest BCUT2D eigenvalue weighted by Gasteiger charge is -2.02. The predicted octanol–water partition coefficient (Wildman–Crippen LogP) is 4.25. The second-order valence-electron chi connectivity index (χ2n) is 3.59. The smallest absolute Gasteiger partial charge is 0.250 e. The molecule has 0 heterocycles. The maximum atomic E-state index is 11.4. The molecule has 0 spiro atoms. The first-order valence-corrected chi connectivity index (χ1v) is 6.41. The van der Waals surface area contributed by atoms with Gasteiger partial charge in [-0.3, -0.25) is 4.79 Å². The number of nitrogens with one attached hydrogen (secondary N) is 1. The Morgan fingerprint density at radius 2 is 1.82 bits per heavy atom. The topological polar surface area (TPSA) is 29.1 Å². The molecule has 0 unspecified atom stereocenters. The summed E-state index contributed by atoms with van der Waals surface area (Å²) >= 11 is 0. The molecule has 0 rings (SSSR count). The molecule has 0 bridgehead atoms. The van der Waals surface area contributed by atoms with Gasteiger partial charge in [0.1, 0.15) is 0 Å². The second kappa shape index (κ2) is 14.7. The van der Waals surface area contributed by atoms with Crippen LogP contribution in [0.1, 0.15) is 48.4 Å². The third-order valence-electron chi connectivity index (χ3n) is 2.02. The Morgan fingerprint density at radius 3 is 2.18 bits per heavy atom. The van der Waals surface area contributed by atoms with Gasteiger partial charge in [0.25, 0.3) is 5.91 Å². The van der Waals surface area contributed by atoms with Crippen molar-refractivity contribution in [2.75, 3.05) is 6.54 Å². The van der Waals surface area contributed by atoms with Crippen LogP contribution < -0.4 is 5.32 Å². The minimum absolute atomic E-state index is 0. The average Bonchev–Trinajstić information content (AvgIpc) is 2.37. The molecule has 0 aliphatic carbocycles. The van der Waals surface area contributed by atoms with Gasteiger partial charge in [0, 0.05) is 13.5 Å².